The van der Waals surface area contributed by atoms with Crippen LogP contribution in [0.4, 0.5) is 8.78 Å². The number of hydrogen-bond donors (Lipinski definition) is 0. The molecule has 52 heavy (non-hydrogen) atoms. The van der Waals surface area contributed by atoms with Crippen LogP contribution in [-0.4, -0.2) is 29.7 Å². The molecule has 11 heteroatoms. The summed E-state index contributed by atoms with van der Waals surface area (Å²) in [7, 11) is 0. The van der Waals surface area contributed by atoms with Gasteiger partial charge in [-0.05, 0) is 84.9 Å². The lowest BCUT2D eigenvalue weighted by Crippen LogP contribution is -2.09. The maximum atomic E-state index is 13.0. The van der Waals surface area contributed by atoms with Crippen molar-refractivity contribution in [2.45, 2.75) is 0 Å². The molecule has 0 fully saturated rings. The predicted octanol–water partition coefficient (Wildman–Crippen LogP) is 6.68. The first kappa shape index (κ1) is 37.2. The molecule has 0 aromatic heterocycles. The van der Waals surface area contributed by atoms with Crippen molar-refractivity contribution in [2.75, 3.05) is 0 Å². The molecule has 0 N–H and O–H groups in total. The Labute approximate surface area is 296 Å². The number of carbonyl (C=O) groups is 5. The van der Waals surface area contributed by atoms with Crippen molar-refractivity contribution in [2.24, 2.45) is 0 Å². The molecule has 0 atom stereocenters. The van der Waals surface area contributed by atoms with Crippen LogP contribution in [0, 0.1) is 23.7 Å². The summed E-state index contributed by atoms with van der Waals surface area (Å²) >= 11 is 0. The summed E-state index contributed by atoms with van der Waals surface area (Å²) in [5, 5.41) is 0. The number of hydrogen-bond acceptors (Lipinski definition) is 9. The first-order valence-electron chi connectivity index (χ1n) is 14.8. The summed E-state index contributed by atoms with van der Waals surface area (Å²) in [4.78, 5) is 60.3. The molecule has 0 aliphatic carbocycles. The van der Waals surface area contributed by atoms with Gasteiger partial charge in [0.1, 0.15) is 17.1 Å². The molecule has 9 nitrogen and oxygen atoms in total. The first-order chi connectivity index (χ1) is 24.9. The van der Waals surface area contributed by atoms with Gasteiger partial charge in [0.25, 0.3) is 0 Å². The fourth-order valence-corrected chi connectivity index (χ4v) is 4.00. The molecule has 0 unspecified atom stereocenters. The van der Waals surface area contributed by atoms with Crippen molar-refractivity contribution < 1.29 is 51.7 Å². The molecule has 0 spiro atoms. The molecule has 0 heterocycles. The molecule has 4 aromatic carbocycles. The predicted molar refractivity (Wildman–Crippen MR) is 185 cm³/mol. The van der Waals surface area contributed by atoms with E-state index < -0.39 is 35.5 Å². The van der Waals surface area contributed by atoms with E-state index in [0.717, 1.165) is 12.2 Å². The molecular formula is C41H24F2O9. The quantitative estimate of drug-likeness (QED) is 0.0587. The van der Waals surface area contributed by atoms with Gasteiger partial charge in [0.15, 0.2) is 17.3 Å². The molecule has 4 rings (SSSR count). The Hall–Kier alpha value is -7.63. The Bertz CT molecular complexity index is 2220. The van der Waals surface area contributed by atoms with Crippen LogP contribution in [0.25, 0.3) is 0 Å². The number of esters is 4. The molecule has 4 aromatic rings. The third-order valence-electron chi connectivity index (χ3n) is 6.49. The van der Waals surface area contributed by atoms with E-state index >= 15 is 0 Å². The second-order valence-electron chi connectivity index (χ2n) is 10.1. The number of rotatable bonds is 10. The van der Waals surface area contributed by atoms with Crippen molar-refractivity contribution >= 4 is 29.7 Å². The maximum absolute atomic E-state index is 13.0. The van der Waals surface area contributed by atoms with E-state index in [-0.39, 0.29) is 45.5 Å². The average molecular weight is 699 g/mol. The Balaban J connectivity index is 1.63. The summed E-state index contributed by atoms with van der Waals surface area (Å²) < 4.78 is 46.3. The van der Waals surface area contributed by atoms with E-state index in [0.29, 0.717) is 16.7 Å². The third kappa shape index (κ3) is 10.2. The topological polar surface area (TPSA) is 122 Å². The Morgan fingerprint density at radius 1 is 0.519 bits per heavy atom. The summed E-state index contributed by atoms with van der Waals surface area (Å²) in [6.07, 6.45) is 1.85. The van der Waals surface area contributed by atoms with Gasteiger partial charge in [0.05, 0.1) is 0 Å². The smallest absolute Gasteiger partial charge is 0.371 e. The Morgan fingerprint density at radius 3 is 1.31 bits per heavy atom. The van der Waals surface area contributed by atoms with Crippen LogP contribution in [0.3, 0.4) is 0 Å². The zero-order chi connectivity index (χ0) is 37.8. The van der Waals surface area contributed by atoms with Crippen LogP contribution >= 0.6 is 0 Å². The highest BCUT2D eigenvalue weighted by molar-refractivity contribution is 6.09. The van der Waals surface area contributed by atoms with Gasteiger partial charge in [-0.25, -0.2) is 19.2 Å². The lowest BCUT2D eigenvalue weighted by Gasteiger charge is -2.11. The van der Waals surface area contributed by atoms with E-state index in [9.17, 15) is 32.8 Å². The van der Waals surface area contributed by atoms with Crippen LogP contribution in [-0.2, 0) is 19.2 Å². The van der Waals surface area contributed by atoms with Crippen molar-refractivity contribution in [3.8, 4) is 46.7 Å². The third-order valence-corrected chi connectivity index (χ3v) is 6.49. The minimum Gasteiger partial charge on any atom is -0.422 e. The average Bonchev–Trinajstić information content (AvgIpc) is 3.14. The van der Waals surface area contributed by atoms with Gasteiger partial charge in [-0.1, -0.05) is 50.0 Å². The maximum Gasteiger partial charge on any atom is 0.371 e. The van der Waals surface area contributed by atoms with Crippen LogP contribution in [0.5, 0.6) is 23.0 Å². The van der Waals surface area contributed by atoms with Crippen molar-refractivity contribution in [3.63, 3.8) is 0 Å². The minimum atomic E-state index is -1.26. The molecule has 0 aliphatic rings. The number of benzene rings is 4. The molecule has 0 aliphatic heterocycles. The van der Waals surface area contributed by atoms with Gasteiger partial charge in [-0.15, -0.1) is 0 Å². The summed E-state index contributed by atoms with van der Waals surface area (Å²) in [6.45, 7) is 12.5. The van der Waals surface area contributed by atoms with Crippen LogP contribution in [0.15, 0.2) is 135 Å². The molecule has 0 amide bonds. The van der Waals surface area contributed by atoms with E-state index in [2.05, 4.69) is 50.0 Å². The molecule has 0 bridgehead atoms. The highest BCUT2D eigenvalue weighted by Gasteiger charge is 2.17. The normalized spacial score (nSPS) is 9.73. The van der Waals surface area contributed by atoms with E-state index in [1.165, 1.54) is 60.7 Å². The molecule has 256 valence electrons. The van der Waals surface area contributed by atoms with Gasteiger partial charge in [0, 0.05) is 40.0 Å². The SMILES string of the molecule is C=CC(=O)Oc1cc(C#Cc2ccc(C(=O)c3ccc(OC(=O)C(=C)F)cc3)cc2)cc(OC(=O)C=C)c1C#Cc1ccc(OC(=O)C(=C)F)cc1. The highest BCUT2D eigenvalue weighted by atomic mass is 19.1. The summed E-state index contributed by atoms with van der Waals surface area (Å²) in [6, 6.07) is 20.3. The van der Waals surface area contributed by atoms with Gasteiger partial charge in [-0.2, -0.15) is 8.78 Å². The molecular weight excluding hydrogens is 674 g/mol. The number of halogens is 2. The number of ketones is 1. The van der Waals surface area contributed by atoms with Gasteiger partial charge in [0.2, 0.25) is 11.7 Å². The standard InChI is InChI=1S/C41H24F2O9/c1-5-37(44)51-35-23-29(8-7-27-9-14-30(15-10-27)39(46)31-16-20-33(21-17-31)50-41(48)26(4)43)24-36(52-38(45)6-2)34(35)22-13-28-11-18-32(19-12-28)49-40(47)25(3)42/h5-6,9-12,14-21,23-24H,1-4H2. The van der Waals surface area contributed by atoms with Crippen LogP contribution < -0.4 is 18.9 Å². The first-order valence-corrected chi connectivity index (χ1v) is 14.8. The second kappa shape index (κ2) is 17.2. The summed E-state index contributed by atoms with van der Waals surface area (Å²) in [5.74, 6) is 4.31. The van der Waals surface area contributed by atoms with Crippen LogP contribution in [0.2, 0.25) is 0 Å². The number of carbonyl (C=O) groups excluding carboxylic acids is 5. The van der Waals surface area contributed by atoms with Crippen molar-refractivity contribution in [1.29, 1.82) is 0 Å². The molecule has 0 saturated heterocycles. The largest absolute Gasteiger partial charge is 0.422 e. The molecule has 0 radical (unpaired) electrons. The van der Waals surface area contributed by atoms with Crippen molar-refractivity contribution in [3.05, 3.63) is 168 Å². The highest BCUT2D eigenvalue weighted by Crippen LogP contribution is 2.31. The monoisotopic (exact) mass is 698 g/mol. The number of ether oxygens (including phenoxy) is 4. The van der Waals surface area contributed by atoms with Gasteiger partial charge >= 0.3 is 23.9 Å². The second-order valence-corrected chi connectivity index (χ2v) is 10.1. The molecule has 0 saturated carbocycles. The van der Waals surface area contributed by atoms with Crippen molar-refractivity contribution in [1.82, 2.24) is 0 Å². The van der Waals surface area contributed by atoms with E-state index in [1.54, 1.807) is 24.3 Å². The fraction of sp³-hybridized carbons (Fsp3) is 0. The lowest BCUT2D eigenvalue weighted by atomic mass is 10.0. The minimum absolute atomic E-state index is 0.00196. The van der Waals surface area contributed by atoms with E-state index in [4.69, 9.17) is 18.9 Å². The Morgan fingerprint density at radius 2 is 0.885 bits per heavy atom. The Kier molecular flexibility index (Phi) is 12.3. The lowest BCUT2D eigenvalue weighted by molar-refractivity contribution is -0.132. The van der Waals surface area contributed by atoms with Gasteiger partial charge < -0.3 is 18.9 Å². The zero-order valence-corrected chi connectivity index (χ0v) is 27.0. The summed E-state index contributed by atoms with van der Waals surface area (Å²) in [5.41, 5.74) is 1.76. The fourth-order valence-electron chi connectivity index (χ4n) is 4.00. The van der Waals surface area contributed by atoms with Crippen LogP contribution in [0.1, 0.15) is 38.2 Å². The van der Waals surface area contributed by atoms with E-state index in [1.807, 2.05) is 0 Å². The van der Waals surface area contributed by atoms with Gasteiger partial charge in [-0.3, -0.25) is 4.79 Å². The zero-order valence-electron chi connectivity index (χ0n) is 27.0.